The van der Waals surface area contributed by atoms with Crippen LogP contribution >= 0.6 is 0 Å². The molecule has 1 aromatic carbocycles. The van der Waals surface area contributed by atoms with Crippen LogP contribution in [0.15, 0.2) is 67.4 Å². The highest BCUT2D eigenvalue weighted by atomic mass is 14.9. The molecule has 2 aromatic heterocycles. The summed E-state index contributed by atoms with van der Waals surface area (Å²) in [5, 5.41) is 0. The third-order valence-corrected chi connectivity index (χ3v) is 3.35. The molecular weight excluding hydrogens is 258 g/mol. The van der Waals surface area contributed by atoms with Gasteiger partial charge < -0.3 is 0 Å². The first-order chi connectivity index (χ1) is 10.3. The van der Waals surface area contributed by atoms with Crippen molar-refractivity contribution in [3.05, 3.63) is 78.6 Å². The molecule has 0 aliphatic rings. The molecular formula is C18H16N3+. The van der Waals surface area contributed by atoms with Crippen molar-refractivity contribution in [3.8, 4) is 11.1 Å². The predicted molar refractivity (Wildman–Crippen MR) is 84.0 cm³/mol. The van der Waals surface area contributed by atoms with Gasteiger partial charge in [0.2, 0.25) is 5.69 Å². The first-order valence-electron chi connectivity index (χ1n) is 6.81. The van der Waals surface area contributed by atoms with Gasteiger partial charge in [0.1, 0.15) is 13.4 Å². The molecule has 3 rings (SSSR count). The molecule has 0 saturated carbocycles. The normalized spacial score (nSPS) is 10.9. The maximum Gasteiger partial charge on any atom is 0.204 e. The number of aryl methyl sites for hydroxylation is 1. The van der Waals surface area contributed by atoms with E-state index < -0.39 is 0 Å². The van der Waals surface area contributed by atoms with E-state index in [-0.39, 0.29) is 0 Å². The lowest BCUT2D eigenvalue weighted by Gasteiger charge is -2.00. The Morgan fingerprint density at radius 3 is 2.33 bits per heavy atom. The number of benzene rings is 1. The van der Waals surface area contributed by atoms with Crippen molar-refractivity contribution in [1.82, 2.24) is 9.97 Å². The SMILES string of the molecule is C[n+]1ccccc1/C=C/c1ccc(-c2cncnc2)cc1. The van der Waals surface area contributed by atoms with Gasteiger partial charge in [0.25, 0.3) is 0 Å². The summed E-state index contributed by atoms with van der Waals surface area (Å²) >= 11 is 0. The number of rotatable bonds is 3. The van der Waals surface area contributed by atoms with Gasteiger partial charge in [-0.3, -0.25) is 0 Å². The Balaban J connectivity index is 1.81. The molecule has 3 aromatic rings. The highest BCUT2D eigenvalue weighted by Gasteiger charge is 2.00. The van der Waals surface area contributed by atoms with E-state index in [0.717, 1.165) is 16.8 Å². The second kappa shape index (κ2) is 6.09. The smallest absolute Gasteiger partial charge is 0.204 e. The largest absolute Gasteiger partial charge is 0.244 e. The molecule has 0 aliphatic heterocycles. The summed E-state index contributed by atoms with van der Waals surface area (Å²) in [5.41, 5.74) is 4.48. The lowest BCUT2D eigenvalue weighted by atomic mass is 10.1. The quantitative estimate of drug-likeness (QED) is 0.687. The van der Waals surface area contributed by atoms with Gasteiger partial charge >= 0.3 is 0 Å². The standard InChI is InChI=1S/C18H16N3/c1-21-11-3-2-4-18(21)10-7-15-5-8-16(9-6-15)17-12-19-14-20-13-17/h2-14H,1H3/q+1. The van der Waals surface area contributed by atoms with E-state index in [9.17, 15) is 0 Å². The van der Waals surface area contributed by atoms with Gasteiger partial charge in [0.05, 0.1) is 0 Å². The first kappa shape index (κ1) is 13.2. The molecule has 0 N–H and O–H groups in total. The average molecular weight is 274 g/mol. The van der Waals surface area contributed by atoms with Crippen LogP contribution in [0, 0.1) is 0 Å². The Bertz CT molecular complexity index is 747. The molecule has 3 nitrogen and oxygen atoms in total. The minimum Gasteiger partial charge on any atom is -0.244 e. The van der Waals surface area contributed by atoms with E-state index in [1.165, 1.54) is 5.56 Å². The maximum absolute atomic E-state index is 4.04. The monoisotopic (exact) mass is 274 g/mol. The summed E-state index contributed by atoms with van der Waals surface area (Å²) in [7, 11) is 2.04. The van der Waals surface area contributed by atoms with Crippen LogP contribution in [0.5, 0.6) is 0 Å². The third-order valence-electron chi connectivity index (χ3n) is 3.35. The lowest BCUT2D eigenvalue weighted by molar-refractivity contribution is -0.673. The van der Waals surface area contributed by atoms with E-state index in [2.05, 4.69) is 57.0 Å². The van der Waals surface area contributed by atoms with Crippen molar-refractivity contribution in [2.75, 3.05) is 0 Å². The number of pyridine rings is 1. The van der Waals surface area contributed by atoms with Crippen molar-refractivity contribution < 1.29 is 4.57 Å². The molecule has 0 fully saturated rings. The Morgan fingerprint density at radius 1 is 0.857 bits per heavy atom. The Kier molecular flexibility index (Phi) is 3.83. The lowest BCUT2D eigenvalue weighted by Crippen LogP contribution is -2.30. The van der Waals surface area contributed by atoms with Crippen LogP contribution in [0.3, 0.4) is 0 Å². The molecule has 102 valence electrons. The zero-order valence-corrected chi connectivity index (χ0v) is 11.8. The van der Waals surface area contributed by atoms with Crippen molar-refractivity contribution in [2.45, 2.75) is 0 Å². The van der Waals surface area contributed by atoms with Crippen LogP contribution in [0.25, 0.3) is 23.3 Å². The van der Waals surface area contributed by atoms with Crippen LogP contribution in [0.2, 0.25) is 0 Å². The molecule has 0 amide bonds. The van der Waals surface area contributed by atoms with Gasteiger partial charge in [0, 0.05) is 36.2 Å². The van der Waals surface area contributed by atoms with Gasteiger partial charge in [0.15, 0.2) is 6.20 Å². The van der Waals surface area contributed by atoms with E-state index in [0.29, 0.717) is 0 Å². The number of hydrogen-bond acceptors (Lipinski definition) is 2. The van der Waals surface area contributed by atoms with Gasteiger partial charge in [-0.25, -0.2) is 14.5 Å². The number of hydrogen-bond donors (Lipinski definition) is 0. The summed E-state index contributed by atoms with van der Waals surface area (Å²) < 4.78 is 2.09. The fraction of sp³-hybridized carbons (Fsp3) is 0.0556. The van der Waals surface area contributed by atoms with Crippen molar-refractivity contribution in [3.63, 3.8) is 0 Å². The molecule has 21 heavy (non-hydrogen) atoms. The van der Waals surface area contributed by atoms with E-state index in [1.54, 1.807) is 6.33 Å². The topological polar surface area (TPSA) is 29.7 Å². The molecule has 0 radical (unpaired) electrons. The second-order valence-electron chi connectivity index (χ2n) is 4.82. The predicted octanol–water partition coefficient (Wildman–Crippen LogP) is 3.14. The Labute approximate surface area is 124 Å². The number of aromatic nitrogens is 3. The Morgan fingerprint density at radius 2 is 1.62 bits per heavy atom. The van der Waals surface area contributed by atoms with Gasteiger partial charge in [-0.05, 0) is 23.3 Å². The van der Waals surface area contributed by atoms with Crippen LogP contribution in [0.4, 0.5) is 0 Å². The summed E-state index contributed by atoms with van der Waals surface area (Å²) in [6.07, 6.45) is 11.4. The molecule has 0 saturated heterocycles. The van der Waals surface area contributed by atoms with Crippen molar-refractivity contribution >= 4 is 12.2 Å². The molecule has 3 heteroatoms. The third kappa shape index (κ3) is 3.20. The van der Waals surface area contributed by atoms with Crippen molar-refractivity contribution in [2.24, 2.45) is 7.05 Å². The van der Waals surface area contributed by atoms with Gasteiger partial charge in [-0.1, -0.05) is 24.3 Å². The minimum atomic E-state index is 1.03. The summed E-state index contributed by atoms with van der Waals surface area (Å²) in [6, 6.07) is 14.5. The molecule has 0 atom stereocenters. The summed E-state index contributed by atoms with van der Waals surface area (Å²) in [6.45, 7) is 0. The average Bonchev–Trinajstić information content (AvgIpc) is 2.55. The Hall–Kier alpha value is -2.81. The van der Waals surface area contributed by atoms with Gasteiger partial charge in [-0.2, -0.15) is 0 Å². The first-order valence-corrected chi connectivity index (χ1v) is 6.81. The zero-order chi connectivity index (χ0) is 14.5. The minimum absolute atomic E-state index is 1.03. The molecule has 0 bridgehead atoms. The second-order valence-corrected chi connectivity index (χ2v) is 4.82. The maximum atomic E-state index is 4.04. The van der Waals surface area contributed by atoms with Crippen molar-refractivity contribution in [1.29, 1.82) is 0 Å². The van der Waals surface area contributed by atoms with E-state index in [4.69, 9.17) is 0 Å². The summed E-state index contributed by atoms with van der Waals surface area (Å²) in [4.78, 5) is 8.08. The fourth-order valence-corrected chi connectivity index (χ4v) is 2.13. The summed E-state index contributed by atoms with van der Waals surface area (Å²) in [5.74, 6) is 0. The van der Waals surface area contributed by atoms with Crippen LogP contribution in [-0.2, 0) is 7.05 Å². The van der Waals surface area contributed by atoms with E-state index in [1.807, 2.05) is 37.8 Å². The zero-order valence-electron chi connectivity index (χ0n) is 11.8. The van der Waals surface area contributed by atoms with Crippen LogP contribution in [-0.4, -0.2) is 9.97 Å². The van der Waals surface area contributed by atoms with E-state index >= 15 is 0 Å². The molecule has 0 unspecified atom stereocenters. The fourth-order valence-electron chi connectivity index (χ4n) is 2.13. The number of nitrogens with zero attached hydrogens (tertiary/aromatic N) is 3. The molecule has 0 spiro atoms. The molecule has 0 aliphatic carbocycles. The highest BCUT2D eigenvalue weighted by molar-refractivity contribution is 5.70. The highest BCUT2D eigenvalue weighted by Crippen LogP contribution is 2.18. The van der Waals surface area contributed by atoms with Crippen LogP contribution < -0.4 is 4.57 Å². The molecule has 2 heterocycles. The van der Waals surface area contributed by atoms with Crippen LogP contribution in [0.1, 0.15) is 11.3 Å². The van der Waals surface area contributed by atoms with Gasteiger partial charge in [-0.15, -0.1) is 0 Å².